The first-order chi connectivity index (χ1) is 8.78. The molecule has 0 saturated carbocycles. The van der Waals surface area contributed by atoms with Crippen molar-refractivity contribution in [2.24, 2.45) is 0 Å². The molecule has 0 radical (unpaired) electrons. The van der Waals surface area contributed by atoms with E-state index in [1.54, 1.807) is 0 Å². The van der Waals surface area contributed by atoms with E-state index in [-0.39, 0.29) is 0 Å². The predicted octanol–water partition coefficient (Wildman–Crippen LogP) is 3.14. The van der Waals surface area contributed by atoms with Gasteiger partial charge in [-0.15, -0.1) is 0 Å². The standard InChI is InChI=1S/C15H23N3/c1-4-11(10-16-3)8-15-13-9-12(17-5-2)6-7-14(13)18-15/h4,6-7,9,15-18H,5,8,10H2,1-3H3/b11-4-. The van der Waals surface area contributed by atoms with Crippen LogP contribution in [0.4, 0.5) is 11.4 Å². The van der Waals surface area contributed by atoms with Crippen molar-refractivity contribution >= 4 is 11.4 Å². The molecule has 3 nitrogen and oxygen atoms in total. The molecule has 0 amide bonds. The number of benzene rings is 1. The molecule has 2 rings (SSSR count). The van der Waals surface area contributed by atoms with Gasteiger partial charge in [0.05, 0.1) is 6.04 Å². The molecule has 18 heavy (non-hydrogen) atoms. The Morgan fingerprint density at radius 2 is 2.28 bits per heavy atom. The lowest BCUT2D eigenvalue weighted by Gasteiger charge is -2.34. The van der Waals surface area contributed by atoms with Gasteiger partial charge in [-0.05, 0) is 51.1 Å². The topological polar surface area (TPSA) is 36.1 Å². The summed E-state index contributed by atoms with van der Waals surface area (Å²) in [4.78, 5) is 0. The van der Waals surface area contributed by atoms with Gasteiger partial charge in [-0.25, -0.2) is 0 Å². The Kier molecular flexibility index (Phi) is 4.26. The van der Waals surface area contributed by atoms with Crippen molar-refractivity contribution in [3.05, 3.63) is 35.4 Å². The molecule has 3 heteroatoms. The maximum Gasteiger partial charge on any atom is 0.0572 e. The molecule has 0 aliphatic carbocycles. The van der Waals surface area contributed by atoms with Crippen molar-refractivity contribution in [3.8, 4) is 0 Å². The third-order valence-corrected chi connectivity index (χ3v) is 3.42. The zero-order valence-electron chi connectivity index (χ0n) is 11.5. The molecule has 1 aliphatic heterocycles. The highest BCUT2D eigenvalue weighted by molar-refractivity contribution is 5.68. The van der Waals surface area contributed by atoms with Crippen LogP contribution in [-0.2, 0) is 0 Å². The van der Waals surface area contributed by atoms with Crippen LogP contribution in [0.3, 0.4) is 0 Å². The lowest BCUT2D eigenvalue weighted by molar-refractivity contribution is 0.691. The molecule has 3 N–H and O–H groups in total. The van der Waals surface area contributed by atoms with Crippen LogP contribution in [0.5, 0.6) is 0 Å². The molecule has 0 saturated heterocycles. The van der Waals surface area contributed by atoms with E-state index in [1.807, 2.05) is 7.05 Å². The minimum Gasteiger partial charge on any atom is -0.385 e. The first-order valence-corrected chi connectivity index (χ1v) is 6.71. The van der Waals surface area contributed by atoms with E-state index >= 15 is 0 Å². The van der Waals surface area contributed by atoms with E-state index in [1.165, 1.54) is 22.5 Å². The van der Waals surface area contributed by atoms with Gasteiger partial charge >= 0.3 is 0 Å². The highest BCUT2D eigenvalue weighted by Gasteiger charge is 2.25. The van der Waals surface area contributed by atoms with Crippen molar-refractivity contribution in [1.82, 2.24) is 5.32 Å². The fraction of sp³-hybridized carbons (Fsp3) is 0.467. The Morgan fingerprint density at radius 1 is 1.44 bits per heavy atom. The van der Waals surface area contributed by atoms with Gasteiger partial charge < -0.3 is 16.0 Å². The van der Waals surface area contributed by atoms with Crippen LogP contribution >= 0.6 is 0 Å². The Labute approximate surface area is 110 Å². The van der Waals surface area contributed by atoms with Crippen molar-refractivity contribution in [3.63, 3.8) is 0 Å². The fourth-order valence-corrected chi connectivity index (χ4v) is 2.43. The second-order valence-corrected chi connectivity index (χ2v) is 4.71. The first kappa shape index (κ1) is 13.0. The van der Waals surface area contributed by atoms with E-state index in [2.05, 4.69) is 54.1 Å². The van der Waals surface area contributed by atoms with Gasteiger partial charge in [-0.2, -0.15) is 0 Å². The molecule has 0 bridgehead atoms. The number of nitrogens with one attached hydrogen (secondary N) is 3. The normalized spacial score (nSPS) is 17.7. The number of likely N-dealkylation sites (N-methyl/N-ethyl adjacent to an activating group) is 1. The van der Waals surface area contributed by atoms with Crippen LogP contribution in [-0.4, -0.2) is 20.1 Å². The second-order valence-electron chi connectivity index (χ2n) is 4.71. The molecular formula is C15H23N3. The highest BCUT2D eigenvalue weighted by Crippen LogP contribution is 2.41. The van der Waals surface area contributed by atoms with E-state index < -0.39 is 0 Å². The maximum atomic E-state index is 3.52. The van der Waals surface area contributed by atoms with Crippen molar-refractivity contribution in [1.29, 1.82) is 0 Å². The molecule has 98 valence electrons. The van der Waals surface area contributed by atoms with Crippen molar-refractivity contribution in [2.75, 3.05) is 30.8 Å². The minimum atomic E-state index is 0.471. The Morgan fingerprint density at radius 3 is 2.94 bits per heavy atom. The quantitative estimate of drug-likeness (QED) is 0.674. The van der Waals surface area contributed by atoms with Gasteiger partial charge in [0.1, 0.15) is 0 Å². The van der Waals surface area contributed by atoms with Crippen LogP contribution < -0.4 is 16.0 Å². The zero-order valence-corrected chi connectivity index (χ0v) is 11.5. The molecule has 1 atom stereocenters. The van der Waals surface area contributed by atoms with E-state index in [4.69, 9.17) is 0 Å². The van der Waals surface area contributed by atoms with E-state index in [9.17, 15) is 0 Å². The Hall–Kier alpha value is -1.48. The number of hydrogen-bond acceptors (Lipinski definition) is 3. The van der Waals surface area contributed by atoms with Gasteiger partial charge in [0.2, 0.25) is 0 Å². The average Bonchev–Trinajstić information content (AvgIpc) is 2.36. The predicted molar refractivity (Wildman–Crippen MR) is 79.3 cm³/mol. The summed E-state index contributed by atoms with van der Waals surface area (Å²) in [5, 5.41) is 10.1. The number of anilines is 2. The zero-order chi connectivity index (χ0) is 13.0. The van der Waals surface area contributed by atoms with Crippen LogP contribution in [0.2, 0.25) is 0 Å². The van der Waals surface area contributed by atoms with E-state index in [0.29, 0.717) is 6.04 Å². The smallest absolute Gasteiger partial charge is 0.0572 e. The van der Waals surface area contributed by atoms with Gasteiger partial charge in [0.25, 0.3) is 0 Å². The Bertz CT molecular complexity index is 437. The summed E-state index contributed by atoms with van der Waals surface area (Å²) in [5.41, 5.74) is 5.39. The largest absolute Gasteiger partial charge is 0.385 e. The summed E-state index contributed by atoms with van der Waals surface area (Å²) in [7, 11) is 1.99. The lowest BCUT2D eigenvalue weighted by atomic mass is 9.90. The summed E-state index contributed by atoms with van der Waals surface area (Å²) < 4.78 is 0. The summed E-state index contributed by atoms with van der Waals surface area (Å²) in [6, 6.07) is 7.04. The second kappa shape index (κ2) is 5.91. The highest BCUT2D eigenvalue weighted by atomic mass is 15.0. The molecule has 1 heterocycles. The maximum absolute atomic E-state index is 3.52. The van der Waals surface area contributed by atoms with Crippen LogP contribution in [0.15, 0.2) is 29.8 Å². The van der Waals surface area contributed by atoms with Crippen LogP contribution in [0.1, 0.15) is 31.9 Å². The van der Waals surface area contributed by atoms with Crippen molar-refractivity contribution in [2.45, 2.75) is 26.3 Å². The number of allylic oxidation sites excluding steroid dienone is 1. The van der Waals surface area contributed by atoms with Gasteiger partial charge in [-0.3, -0.25) is 0 Å². The van der Waals surface area contributed by atoms with Crippen LogP contribution in [0, 0.1) is 0 Å². The first-order valence-electron chi connectivity index (χ1n) is 6.71. The summed E-state index contributed by atoms with van der Waals surface area (Å²) in [5.74, 6) is 0. The summed E-state index contributed by atoms with van der Waals surface area (Å²) >= 11 is 0. The Balaban J connectivity index is 2.04. The number of hydrogen-bond donors (Lipinski definition) is 3. The van der Waals surface area contributed by atoms with Gasteiger partial charge in [-0.1, -0.05) is 11.6 Å². The SMILES string of the molecule is C/C=C(\CNC)CC1Nc2ccc(NCC)cc21. The fourth-order valence-electron chi connectivity index (χ4n) is 2.43. The molecular weight excluding hydrogens is 222 g/mol. The van der Waals surface area contributed by atoms with E-state index in [0.717, 1.165) is 19.5 Å². The average molecular weight is 245 g/mol. The molecule has 0 spiro atoms. The lowest BCUT2D eigenvalue weighted by Crippen LogP contribution is -2.25. The molecule has 1 aromatic carbocycles. The third kappa shape index (κ3) is 2.67. The molecule has 1 aromatic rings. The molecule has 0 aromatic heterocycles. The number of fused-ring (bicyclic) bond motifs is 1. The molecule has 0 fully saturated rings. The van der Waals surface area contributed by atoms with Crippen molar-refractivity contribution < 1.29 is 0 Å². The van der Waals surface area contributed by atoms with Gasteiger partial charge in [0.15, 0.2) is 0 Å². The third-order valence-electron chi connectivity index (χ3n) is 3.42. The number of rotatable bonds is 6. The van der Waals surface area contributed by atoms with Crippen LogP contribution in [0.25, 0.3) is 0 Å². The minimum absolute atomic E-state index is 0.471. The van der Waals surface area contributed by atoms with Gasteiger partial charge in [0, 0.05) is 24.5 Å². The summed E-state index contributed by atoms with van der Waals surface area (Å²) in [6.45, 7) is 6.18. The molecule has 1 aliphatic rings. The monoisotopic (exact) mass is 245 g/mol. The summed E-state index contributed by atoms with van der Waals surface area (Å²) in [6.07, 6.45) is 3.30. The molecule has 1 unspecified atom stereocenters.